The Balaban J connectivity index is 2.63. The van der Waals surface area contributed by atoms with Gasteiger partial charge in [-0.1, -0.05) is 0 Å². The smallest absolute Gasteiger partial charge is 0.408 e. The Bertz CT molecular complexity index is 442. The number of nitrogens with one attached hydrogen (secondary N) is 1. The zero-order chi connectivity index (χ0) is 16.2. The molecule has 21 heavy (non-hydrogen) atoms. The summed E-state index contributed by atoms with van der Waals surface area (Å²) in [6.07, 6.45) is 0.645. The highest BCUT2D eigenvalue weighted by Crippen LogP contribution is 2.19. The Labute approximate surface area is 124 Å². The first-order valence-electron chi connectivity index (χ1n) is 6.96. The van der Waals surface area contributed by atoms with Gasteiger partial charge >= 0.3 is 6.09 Å². The van der Waals surface area contributed by atoms with Crippen molar-refractivity contribution in [3.63, 3.8) is 0 Å². The molecule has 0 aromatic carbocycles. The van der Waals surface area contributed by atoms with Crippen LogP contribution in [0.15, 0.2) is 4.99 Å². The van der Waals surface area contributed by atoms with E-state index in [9.17, 15) is 14.4 Å². The van der Waals surface area contributed by atoms with E-state index in [0.29, 0.717) is 13.0 Å². The van der Waals surface area contributed by atoms with E-state index < -0.39 is 29.7 Å². The van der Waals surface area contributed by atoms with Crippen LogP contribution in [0.1, 0.15) is 40.5 Å². The van der Waals surface area contributed by atoms with Gasteiger partial charge in [0, 0.05) is 6.54 Å². The predicted molar refractivity (Wildman–Crippen MR) is 78.1 cm³/mol. The van der Waals surface area contributed by atoms with Crippen LogP contribution in [-0.2, 0) is 14.3 Å². The van der Waals surface area contributed by atoms with Crippen LogP contribution in [0.2, 0.25) is 0 Å². The summed E-state index contributed by atoms with van der Waals surface area (Å²) in [4.78, 5) is 40.4. The van der Waals surface area contributed by atoms with Crippen molar-refractivity contribution in [1.29, 1.82) is 0 Å². The average Bonchev–Trinajstić information content (AvgIpc) is 2.83. The standard InChI is InChI=1S/C14H23N3O4/c1-9(16-13(20)21-14(2,3)4)12(19)17-8-6-7-10(17)11(18)15-5/h9-10H,5-8H2,1-4H3,(H,16,20)/t9-,10-/m0/s1. The second-order valence-electron chi connectivity index (χ2n) is 6.05. The molecular formula is C14H23N3O4. The van der Waals surface area contributed by atoms with Crippen LogP contribution < -0.4 is 5.32 Å². The molecule has 7 heteroatoms. The quantitative estimate of drug-likeness (QED) is 0.791. The molecule has 1 saturated heterocycles. The fourth-order valence-corrected chi connectivity index (χ4v) is 2.19. The molecule has 0 aromatic rings. The van der Waals surface area contributed by atoms with Crippen LogP contribution in [0.4, 0.5) is 4.79 Å². The summed E-state index contributed by atoms with van der Waals surface area (Å²) in [7, 11) is 0. The van der Waals surface area contributed by atoms with Gasteiger partial charge in [0.15, 0.2) is 0 Å². The molecule has 1 fully saturated rings. The average molecular weight is 297 g/mol. The molecule has 3 amide bonds. The van der Waals surface area contributed by atoms with E-state index in [1.165, 1.54) is 4.90 Å². The third-order valence-electron chi connectivity index (χ3n) is 3.08. The second kappa shape index (κ2) is 6.69. The minimum atomic E-state index is -0.766. The molecule has 0 radical (unpaired) electrons. The molecule has 1 N–H and O–H groups in total. The summed E-state index contributed by atoms with van der Waals surface area (Å²) < 4.78 is 5.10. The van der Waals surface area contributed by atoms with Crippen molar-refractivity contribution in [3.05, 3.63) is 0 Å². The van der Waals surface area contributed by atoms with E-state index in [0.717, 1.165) is 6.42 Å². The number of carbonyl (C=O) groups excluding carboxylic acids is 3. The first kappa shape index (κ1) is 17.1. The molecule has 1 aliphatic heterocycles. The van der Waals surface area contributed by atoms with Crippen molar-refractivity contribution < 1.29 is 19.1 Å². The van der Waals surface area contributed by atoms with Crippen LogP contribution in [0, 0.1) is 0 Å². The molecule has 0 saturated carbocycles. The van der Waals surface area contributed by atoms with Crippen LogP contribution in [0.3, 0.4) is 0 Å². The molecule has 1 rings (SSSR count). The second-order valence-corrected chi connectivity index (χ2v) is 6.05. The minimum Gasteiger partial charge on any atom is -0.444 e. The summed E-state index contributed by atoms with van der Waals surface area (Å²) in [6.45, 7) is 10.5. The Morgan fingerprint density at radius 1 is 1.38 bits per heavy atom. The number of aliphatic imine (C=N–C) groups is 1. The van der Waals surface area contributed by atoms with E-state index in [1.54, 1.807) is 27.7 Å². The topological polar surface area (TPSA) is 88.1 Å². The van der Waals surface area contributed by atoms with Gasteiger partial charge < -0.3 is 15.0 Å². The molecule has 2 atom stereocenters. The molecule has 1 aliphatic rings. The van der Waals surface area contributed by atoms with E-state index in [2.05, 4.69) is 17.0 Å². The summed E-state index contributed by atoms with van der Waals surface area (Å²) in [6, 6.07) is -1.34. The largest absolute Gasteiger partial charge is 0.444 e. The first-order valence-corrected chi connectivity index (χ1v) is 6.96. The monoisotopic (exact) mass is 297 g/mol. The lowest BCUT2D eigenvalue weighted by atomic mass is 10.2. The third kappa shape index (κ3) is 4.84. The van der Waals surface area contributed by atoms with Gasteiger partial charge in [0.2, 0.25) is 5.91 Å². The van der Waals surface area contributed by atoms with Gasteiger partial charge in [0.25, 0.3) is 5.91 Å². The lowest BCUT2D eigenvalue weighted by molar-refractivity contribution is -0.138. The fraction of sp³-hybridized carbons (Fsp3) is 0.714. The molecule has 0 aromatic heterocycles. The van der Waals surface area contributed by atoms with Gasteiger partial charge in [-0.15, -0.1) is 0 Å². The SMILES string of the molecule is C=NC(=O)[C@@H]1CCCN1C(=O)[C@H](C)NC(=O)OC(C)(C)C. The molecule has 0 bridgehead atoms. The third-order valence-corrected chi connectivity index (χ3v) is 3.08. The van der Waals surface area contributed by atoms with Crippen molar-refractivity contribution in [2.24, 2.45) is 4.99 Å². The number of likely N-dealkylation sites (tertiary alicyclic amines) is 1. The van der Waals surface area contributed by atoms with Gasteiger partial charge in [0.05, 0.1) is 0 Å². The Morgan fingerprint density at radius 3 is 2.52 bits per heavy atom. The van der Waals surface area contributed by atoms with E-state index in [4.69, 9.17) is 4.74 Å². The van der Waals surface area contributed by atoms with Gasteiger partial charge in [-0.05, 0) is 47.3 Å². The van der Waals surface area contributed by atoms with Crippen LogP contribution in [0.5, 0.6) is 0 Å². The zero-order valence-corrected chi connectivity index (χ0v) is 13.0. The van der Waals surface area contributed by atoms with Crippen LogP contribution in [-0.4, -0.2) is 53.8 Å². The molecule has 7 nitrogen and oxygen atoms in total. The Kier molecular flexibility index (Phi) is 5.46. The summed E-state index contributed by atoms with van der Waals surface area (Å²) in [5.74, 6) is -0.731. The molecule has 0 spiro atoms. The van der Waals surface area contributed by atoms with Crippen molar-refractivity contribution in [2.45, 2.75) is 58.2 Å². The number of amides is 3. The maximum absolute atomic E-state index is 12.3. The first-order chi connectivity index (χ1) is 9.65. The Morgan fingerprint density at radius 2 is 2.00 bits per heavy atom. The predicted octanol–water partition coefficient (Wildman–Crippen LogP) is 1.12. The zero-order valence-electron chi connectivity index (χ0n) is 13.0. The van der Waals surface area contributed by atoms with Gasteiger partial charge in [-0.2, -0.15) is 0 Å². The minimum absolute atomic E-state index is 0.319. The number of hydrogen-bond donors (Lipinski definition) is 1. The molecule has 118 valence electrons. The molecule has 0 aliphatic carbocycles. The number of carbonyl (C=O) groups is 3. The van der Waals surface area contributed by atoms with Crippen molar-refractivity contribution in [3.8, 4) is 0 Å². The number of rotatable bonds is 3. The maximum Gasteiger partial charge on any atom is 0.408 e. The van der Waals surface area contributed by atoms with Crippen LogP contribution in [0.25, 0.3) is 0 Å². The molecule has 1 heterocycles. The lowest BCUT2D eigenvalue weighted by Gasteiger charge is -2.27. The maximum atomic E-state index is 12.3. The summed E-state index contributed by atoms with van der Waals surface area (Å²) >= 11 is 0. The highest BCUT2D eigenvalue weighted by atomic mass is 16.6. The normalized spacial score (nSPS) is 19.8. The van der Waals surface area contributed by atoms with Gasteiger partial charge in [-0.3, -0.25) is 9.59 Å². The number of hydrogen-bond acceptors (Lipinski definition) is 4. The van der Waals surface area contributed by atoms with Gasteiger partial charge in [-0.25, -0.2) is 9.79 Å². The summed E-state index contributed by atoms with van der Waals surface area (Å²) in [5.41, 5.74) is -0.633. The number of alkyl carbamates (subject to hydrolysis) is 1. The fourth-order valence-electron chi connectivity index (χ4n) is 2.19. The summed E-state index contributed by atoms with van der Waals surface area (Å²) in [5, 5.41) is 2.48. The van der Waals surface area contributed by atoms with Crippen molar-refractivity contribution in [2.75, 3.05) is 6.54 Å². The number of ether oxygens (including phenoxy) is 1. The highest BCUT2D eigenvalue weighted by Gasteiger charge is 2.36. The van der Waals surface area contributed by atoms with Gasteiger partial charge in [0.1, 0.15) is 17.7 Å². The van der Waals surface area contributed by atoms with E-state index >= 15 is 0 Å². The molecule has 0 unspecified atom stereocenters. The van der Waals surface area contributed by atoms with Crippen molar-refractivity contribution in [1.82, 2.24) is 10.2 Å². The van der Waals surface area contributed by atoms with Crippen LogP contribution >= 0.6 is 0 Å². The Hall–Kier alpha value is -1.92. The van der Waals surface area contributed by atoms with E-state index in [1.807, 2.05) is 0 Å². The lowest BCUT2D eigenvalue weighted by Crippen LogP contribution is -2.50. The number of nitrogens with zero attached hydrogens (tertiary/aromatic N) is 2. The van der Waals surface area contributed by atoms with Crippen molar-refractivity contribution >= 4 is 24.6 Å². The molecular weight excluding hydrogens is 274 g/mol. The highest BCUT2D eigenvalue weighted by molar-refractivity contribution is 5.93. The van der Waals surface area contributed by atoms with E-state index in [-0.39, 0.29) is 5.91 Å².